The van der Waals surface area contributed by atoms with Crippen molar-refractivity contribution in [1.82, 2.24) is 15.3 Å². The molecule has 30 heavy (non-hydrogen) atoms. The van der Waals surface area contributed by atoms with Gasteiger partial charge in [0.2, 0.25) is 0 Å². The van der Waals surface area contributed by atoms with Gasteiger partial charge in [0, 0.05) is 54.8 Å². The average molecular weight is 407 g/mol. The van der Waals surface area contributed by atoms with E-state index in [1.54, 1.807) is 14.2 Å². The van der Waals surface area contributed by atoms with Crippen LogP contribution in [0.4, 0.5) is 5.69 Å². The van der Waals surface area contributed by atoms with Crippen LogP contribution in [0.15, 0.2) is 42.6 Å². The summed E-state index contributed by atoms with van der Waals surface area (Å²) in [6.07, 6.45) is 4.17. The van der Waals surface area contributed by atoms with Crippen LogP contribution in [-0.2, 0) is 0 Å². The highest BCUT2D eigenvalue weighted by Gasteiger charge is 2.20. The molecule has 0 amide bonds. The lowest BCUT2D eigenvalue weighted by atomic mass is 10.0. The number of benzene rings is 2. The van der Waals surface area contributed by atoms with Gasteiger partial charge in [-0.15, -0.1) is 0 Å². The summed E-state index contributed by atoms with van der Waals surface area (Å²) in [5, 5.41) is 4.53. The number of hydrogen-bond acceptors (Lipinski definition) is 6. The van der Waals surface area contributed by atoms with Crippen LogP contribution in [0.25, 0.3) is 22.3 Å². The molecule has 6 heteroatoms. The minimum absolute atomic E-state index is 0.544. The molecule has 4 rings (SSSR count). The molecule has 0 bridgehead atoms. The molecule has 0 aliphatic carbocycles. The van der Waals surface area contributed by atoms with Gasteiger partial charge in [-0.25, -0.2) is 9.97 Å². The van der Waals surface area contributed by atoms with Crippen LogP contribution >= 0.6 is 0 Å². The van der Waals surface area contributed by atoms with Gasteiger partial charge >= 0.3 is 0 Å². The molecule has 0 spiro atoms. The minimum atomic E-state index is 0.544. The molecular formula is C24H30N4O2. The van der Waals surface area contributed by atoms with Crippen molar-refractivity contribution in [3.05, 3.63) is 42.6 Å². The zero-order valence-corrected chi connectivity index (χ0v) is 18.2. The molecule has 2 aromatic carbocycles. The van der Waals surface area contributed by atoms with E-state index in [1.807, 2.05) is 18.3 Å². The second-order valence-electron chi connectivity index (χ2n) is 8.09. The third-order valence-corrected chi connectivity index (χ3v) is 5.65. The molecule has 1 saturated heterocycles. The van der Waals surface area contributed by atoms with Crippen LogP contribution in [0.5, 0.6) is 11.5 Å². The topological polar surface area (TPSA) is 59.5 Å². The Morgan fingerprint density at radius 1 is 1.03 bits per heavy atom. The maximum atomic E-state index is 5.46. The molecular weight excluding hydrogens is 376 g/mol. The van der Waals surface area contributed by atoms with Crippen LogP contribution in [0, 0.1) is 0 Å². The molecule has 1 N–H and O–H groups in total. The Bertz CT molecular complexity index is 996. The van der Waals surface area contributed by atoms with Crippen LogP contribution in [0.3, 0.4) is 0 Å². The Morgan fingerprint density at radius 3 is 2.40 bits per heavy atom. The Kier molecular flexibility index (Phi) is 6.04. The predicted molar refractivity (Wildman–Crippen MR) is 122 cm³/mol. The van der Waals surface area contributed by atoms with Crippen LogP contribution in [-0.4, -0.2) is 49.4 Å². The van der Waals surface area contributed by atoms with Gasteiger partial charge in [0.1, 0.15) is 11.5 Å². The van der Waals surface area contributed by atoms with E-state index in [4.69, 9.17) is 14.5 Å². The summed E-state index contributed by atoms with van der Waals surface area (Å²) in [6.45, 7) is 6.59. The van der Waals surface area contributed by atoms with E-state index in [9.17, 15) is 0 Å². The van der Waals surface area contributed by atoms with Crippen molar-refractivity contribution in [3.63, 3.8) is 0 Å². The first-order chi connectivity index (χ1) is 14.6. The first kappa shape index (κ1) is 20.4. The molecule has 0 saturated carbocycles. The summed E-state index contributed by atoms with van der Waals surface area (Å²) in [4.78, 5) is 11.8. The van der Waals surface area contributed by atoms with Gasteiger partial charge in [0.05, 0.1) is 25.1 Å². The molecule has 1 aliphatic heterocycles. The molecule has 3 aromatic rings. The number of methoxy groups -OCH3 is 2. The van der Waals surface area contributed by atoms with E-state index >= 15 is 0 Å². The highest BCUT2D eigenvalue weighted by atomic mass is 16.5. The highest BCUT2D eigenvalue weighted by Crippen LogP contribution is 2.31. The predicted octanol–water partition coefficient (Wildman–Crippen LogP) is 4.28. The largest absolute Gasteiger partial charge is 0.497 e. The number of fused-ring (bicyclic) bond motifs is 1. The van der Waals surface area contributed by atoms with Crippen molar-refractivity contribution in [3.8, 4) is 22.9 Å². The maximum absolute atomic E-state index is 5.46. The number of nitrogens with one attached hydrogen (secondary N) is 1. The number of hydrogen-bond donors (Lipinski definition) is 1. The summed E-state index contributed by atoms with van der Waals surface area (Å²) in [5.74, 6) is 2.13. The highest BCUT2D eigenvalue weighted by molar-refractivity contribution is 5.87. The first-order valence-corrected chi connectivity index (χ1v) is 10.6. The third kappa shape index (κ3) is 4.33. The lowest BCUT2D eigenvalue weighted by Gasteiger charge is -2.35. The Hall–Kier alpha value is -2.86. The molecule has 0 radical (unpaired) electrons. The maximum Gasteiger partial charge on any atom is 0.159 e. The number of piperidine rings is 1. The van der Waals surface area contributed by atoms with E-state index in [0.717, 1.165) is 35.3 Å². The van der Waals surface area contributed by atoms with Crippen molar-refractivity contribution in [2.24, 2.45) is 0 Å². The van der Waals surface area contributed by atoms with Crippen molar-refractivity contribution in [1.29, 1.82) is 0 Å². The van der Waals surface area contributed by atoms with E-state index < -0.39 is 0 Å². The van der Waals surface area contributed by atoms with Crippen molar-refractivity contribution in [2.75, 3.05) is 32.2 Å². The molecule has 0 unspecified atom stereocenters. The summed E-state index contributed by atoms with van der Waals surface area (Å²) < 4.78 is 10.8. The molecule has 1 aromatic heterocycles. The summed E-state index contributed by atoms with van der Waals surface area (Å²) in [7, 11) is 3.28. The smallest absolute Gasteiger partial charge is 0.159 e. The fraction of sp³-hybridized carbons (Fsp3) is 0.417. The Morgan fingerprint density at radius 2 is 1.77 bits per heavy atom. The van der Waals surface area contributed by atoms with Gasteiger partial charge in [-0.2, -0.15) is 0 Å². The monoisotopic (exact) mass is 406 g/mol. The number of ether oxygens (including phenoxy) is 2. The quantitative estimate of drug-likeness (QED) is 0.659. The Balaban J connectivity index is 1.52. The van der Waals surface area contributed by atoms with Gasteiger partial charge < -0.3 is 19.7 Å². The van der Waals surface area contributed by atoms with Gasteiger partial charge in [-0.05, 0) is 37.1 Å². The number of nitrogens with zero attached hydrogens (tertiary/aromatic N) is 3. The molecule has 1 aliphatic rings. The van der Waals surface area contributed by atoms with E-state index in [2.05, 4.69) is 53.3 Å². The van der Waals surface area contributed by atoms with Crippen molar-refractivity contribution < 1.29 is 9.47 Å². The number of rotatable bonds is 6. The van der Waals surface area contributed by atoms with Crippen molar-refractivity contribution in [2.45, 2.75) is 38.8 Å². The van der Waals surface area contributed by atoms with Gasteiger partial charge in [-0.3, -0.25) is 0 Å². The van der Waals surface area contributed by atoms with E-state index in [0.29, 0.717) is 23.7 Å². The fourth-order valence-corrected chi connectivity index (χ4v) is 4.10. The summed E-state index contributed by atoms with van der Waals surface area (Å²) in [6, 6.07) is 13.5. The standard InChI is InChI=1S/C24H30N4O2/c1-16(2)26-18-9-11-28(12-10-18)19-7-5-17(6-8-19)24-25-15-21-22(27-24)13-20(29-3)14-23(21)30-4/h5-8,13-16,18,26H,9-12H2,1-4H3. The fourth-order valence-electron chi connectivity index (χ4n) is 4.10. The zero-order chi connectivity index (χ0) is 21.1. The summed E-state index contributed by atoms with van der Waals surface area (Å²) in [5.41, 5.74) is 3.06. The van der Waals surface area contributed by atoms with Gasteiger partial charge in [0.15, 0.2) is 5.82 Å². The SMILES string of the molecule is COc1cc(OC)c2cnc(-c3ccc(N4CCC(NC(C)C)CC4)cc3)nc2c1. The number of anilines is 1. The van der Waals surface area contributed by atoms with E-state index in [1.165, 1.54) is 18.5 Å². The normalized spacial score (nSPS) is 15.0. The summed E-state index contributed by atoms with van der Waals surface area (Å²) >= 11 is 0. The molecule has 158 valence electrons. The molecule has 2 heterocycles. The van der Waals surface area contributed by atoms with Gasteiger partial charge in [0.25, 0.3) is 0 Å². The molecule has 6 nitrogen and oxygen atoms in total. The second kappa shape index (κ2) is 8.88. The minimum Gasteiger partial charge on any atom is -0.497 e. The molecule has 0 atom stereocenters. The van der Waals surface area contributed by atoms with Gasteiger partial charge in [-0.1, -0.05) is 13.8 Å². The van der Waals surface area contributed by atoms with Crippen LogP contribution in [0.2, 0.25) is 0 Å². The van der Waals surface area contributed by atoms with Crippen LogP contribution < -0.4 is 19.7 Å². The van der Waals surface area contributed by atoms with E-state index in [-0.39, 0.29) is 0 Å². The lowest BCUT2D eigenvalue weighted by molar-refractivity contribution is 0.387. The number of aromatic nitrogens is 2. The lowest BCUT2D eigenvalue weighted by Crippen LogP contribution is -2.44. The molecule has 1 fully saturated rings. The second-order valence-corrected chi connectivity index (χ2v) is 8.09. The van der Waals surface area contributed by atoms with Crippen molar-refractivity contribution >= 4 is 16.6 Å². The zero-order valence-electron chi connectivity index (χ0n) is 18.2. The average Bonchev–Trinajstić information content (AvgIpc) is 2.78. The van der Waals surface area contributed by atoms with Crippen LogP contribution in [0.1, 0.15) is 26.7 Å². The third-order valence-electron chi connectivity index (χ3n) is 5.65. The Labute approximate surface area is 178 Å². The first-order valence-electron chi connectivity index (χ1n) is 10.6.